The zero-order chi connectivity index (χ0) is 12.5. The molecule has 0 unspecified atom stereocenters. The largest absolute Gasteiger partial charge is 0.241 e. The first-order chi connectivity index (χ1) is 7.97. The first-order valence-electron chi connectivity index (χ1n) is 5.33. The van der Waals surface area contributed by atoms with Gasteiger partial charge in [0.2, 0.25) is 10.0 Å². The summed E-state index contributed by atoms with van der Waals surface area (Å²) in [6.45, 7) is 0. The van der Waals surface area contributed by atoms with Crippen molar-refractivity contribution in [3.05, 3.63) is 30.1 Å². The number of rotatable bonds is 4. The van der Waals surface area contributed by atoms with Gasteiger partial charge in [-0.05, 0) is 43.5 Å². The van der Waals surface area contributed by atoms with Crippen molar-refractivity contribution >= 4 is 21.6 Å². The molecule has 0 saturated heterocycles. The van der Waals surface area contributed by atoms with E-state index in [0.29, 0.717) is 0 Å². The molecule has 0 bridgehead atoms. The van der Waals surface area contributed by atoms with Crippen LogP contribution in [0, 0.1) is 5.82 Å². The fourth-order valence-corrected chi connectivity index (χ4v) is 3.70. The number of alkyl halides is 1. The highest BCUT2D eigenvalue weighted by Gasteiger charge is 2.39. The second-order valence-electron chi connectivity index (χ2n) is 4.33. The van der Waals surface area contributed by atoms with E-state index in [9.17, 15) is 12.8 Å². The van der Waals surface area contributed by atoms with Gasteiger partial charge in [-0.25, -0.2) is 17.5 Å². The van der Waals surface area contributed by atoms with Crippen LogP contribution >= 0.6 is 11.6 Å². The Morgan fingerprint density at radius 2 is 1.88 bits per heavy atom. The Hall–Kier alpha value is -0.650. The van der Waals surface area contributed by atoms with Gasteiger partial charge in [0.05, 0.1) is 4.90 Å². The molecule has 0 aliphatic heterocycles. The summed E-state index contributed by atoms with van der Waals surface area (Å²) in [4.78, 5) is 0.0651. The van der Waals surface area contributed by atoms with E-state index in [1.54, 1.807) is 0 Å². The maximum Gasteiger partial charge on any atom is 0.241 e. The Bertz CT molecular complexity index is 491. The van der Waals surface area contributed by atoms with Gasteiger partial charge in [0, 0.05) is 11.4 Å². The normalized spacial score (nSPS) is 18.7. The van der Waals surface area contributed by atoms with Crippen LogP contribution < -0.4 is 4.72 Å². The van der Waals surface area contributed by atoms with Crippen molar-refractivity contribution < 1.29 is 12.8 Å². The molecule has 1 fully saturated rings. The van der Waals surface area contributed by atoms with Crippen molar-refractivity contribution in [2.45, 2.75) is 29.7 Å². The minimum absolute atomic E-state index is 0.0651. The van der Waals surface area contributed by atoms with Crippen LogP contribution in [0.25, 0.3) is 0 Å². The summed E-state index contributed by atoms with van der Waals surface area (Å²) in [6, 6.07) is 4.75. The molecule has 0 amide bonds. The minimum Gasteiger partial charge on any atom is -0.207 e. The van der Waals surface area contributed by atoms with Crippen LogP contribution in [0.4, 0.5) is 4.39 Å². The lowest BCUT2D eigenvalue weighted by molar-refractivity contribution is 0.252. The lowest BCUT2D eigenvalue weighted by Gasteiger charge is -2.40. The molecule has 3 nitrogen and oxygen atoms in total. The number of nitrogens with one attached hydrogen (secondary N) is 1. The highest BCUT2D eigenvalue weighted by atomic mass is 35.5. The van der Waals surface area contributed by atoms with Crippen LogP contribution in [0.3, 0.4) is 0 Å². The molecule has 1 aliphatic carbocycles. The van der Waals surface area contributed by atoms with Crippen LogP contribution in [0.2, 0.25) is 0 Å². The molecular weight excluding hydrogens is 265 g/mol. The quantitative estimate of drug-likeness (QED) is 0.858. The molecule has 1 aliphatic rings. The van der Waals surface area contributed by atoms with Gasteiger partial charge in [-0.15, -0.1) is 11.6 Å². The maximum atomic E-state index is 12.7. The fourth-order valence-electron chi connectivity index (χ4n) is 1.82. The zero-order valence-electron chi connectivity index (χ0n) is 9.12. The summed E-state index contributed by atoms with van der Waals surface area (Å²) in [5, 5.41) is 0. The lowest BCUT2D eigenvalue weighted by atomic mass is 9.79. The maximum absolute atomic E-state index is 12.7. The van der Waals surface area contributed by atoms with E-state index >= 15 is 0 Å². The third-order valence-electron chi connectivity index (χ3n) is 3.04. The summed E-state index contributed by atoms with van der Waals surface area (Å²) < 4.78 is 39.4. The lowest BCUT2D eigenvalue weighted by Crippen LogP contribution is -2.54. The topological polar surface area (TPSA) is 46.2 Å². The minimum atomic E-state index is -3.61. The zero-order valence-corrected chi connectivity index (χ0v) is 10.7. The van der Waals surface area contributed by atoms with Crippen LogP contribution in [-0.4, -0.2) is 19.8 Å². The van der Waals surface area contributed by atoms with Gasteiger partial charge >= 0.3 is 0 Å². The summed E-state index contributed by atoms with van der Waals surface area (Å²) in [7, 11) is -3.61. The Balaban J connectivity index is 2.22. The number of sulfonamides is 1. The Morgan fingerprint density at radius 1 is 1.29 bits per heavy atom. The Morgan fingerprint density at radius 3 is 2.29 bits per heavy atom. The average molecular weight is 278 g/mol. The summed E-state index contributed by atoms with van der Waals surface area (Å²) in [5.41, 5.74) is -0.519. The second kappa shape index (κ2) is 4.55. The molecule has 1 aromatic rings. The van der Waals surface area contributed by atoms with E-state index in [-0.39, 0.29) is 10.8 Å². The standard InChI is InChI=1S/C11H13ClFNO2S/c12-8-11(6-1-7-11)14-17(15,16)10-4-2-9(13)3-5-10/h2-5,14H,1,6-8H2. The van der Waals surface area contributed by atoms with E-state index < -0.39 is 21.4 Å². The highest BCUT2D eigenvalue weighted by molar-refractivity contribution is 7.89. The summed E-state index contributed by atoms with van der Waals surface area (Å²) in [5.74, 6) is -0.201. The SMILES string of the molecule is O=S(=O)(NC1(CCl)CCC1)c1ccc(F)cc1. The van der Waals surface area contributed by atoms with Crippen molar-refractivity contribution in [3.63, 3.8) is 0 Å². The highest BCUT2D eigenvalue weighted by Crippen LogP contribution is 2.34. The third-order valence-corrected chi connectivity index (χ3v) is 5.15. The predicted molar refractivity (Wildman–Crippen MR) is 64.0 cm³/mol. The average Bonchev–Trinajstić information content (AvgIpc) is 2.24. The Kier molecular flexibility index (Phi) is 3.43. The van der Waals surface area contributed by atoms with Gasteiger partial charge in [0.25, 0.3) is 0 Å². The van der Waals surface area contributed by atoms with Gasteiger partial charge in [-0.3, -0.25) is 0 Å². The molecule has 0 spiro atoms. The molecule has 1 aromatic carbocycles. The third kappa shape index (κ3) is 2.61. The number of hydrogen-bond donors (Lipinski definition) is 1. The van der Waals surface area contributed by atoms with E-state index in [1.165, 1.54) is 12.1 Å². The molecule has 0 aromatic heterocycles. The Labute approximate surface area is 105 Å². The summed E-state index contributed by atoms with van der Waals surface area (Å²) >= 11 is 5.79. The van der Waals surface area contributed by atoms with Gasteiger partial charge in [0.15, 0.2) is 0 Å². The van der Waals surface area contributed by atoms with Crippen molar-refractivity contribution in [1.29, 1.82) is 0 Å². The van der Waals surface area contributed by atoms with Gasteiger partial charge in [0.1, 0.15) is 5.82 Å². The molecule has 0 radical (unpaired) electrons. The van der Waals surface area contributed by atoms with E-state index in [2.05, 4.69) is 4.72 Å². The van der Waals surface area contributed by atoms with Crippen LogP contribution in [0.15, 0.2) is 29.2 Å². The van der Waals surface area contributed by atoms with Gasteiger partial charge in [-0.1, -0.05) is 0 Å². The van der Waals surface area contributed by atoms with Gasteiger partial charge in [-0.2, -0.15) is 0 Å². The molecule has 0 heterocycles. The van der Waals surface area contributed by atoms with Crippen molar-refractivity contribution in [3.8, 4) is 0 Å². The molecule has 0 atom stereocenters. The second-order valence-corrected chi connectivity index (χ2v) is 6.28. The number of halogens is 2. The molecular formula is C11H13ClFNO2S. The molecule has 2 rings (SSSR count). The van der Waals surface area contributed by atoms with Crippen LogP contribution in [0.1, 0.15) is 19.3 Å². The number of hydrogen-bond acceptors (Lipinski definition) is 2. The van der Waals surface area contributed by atoms with E-state index in [0.717, 1.165) is 31.4 Å². The molecule has 17 heavy (non-hydrogen) atoms. The van der Waals surface area contributed by atoms with Crippen molar-refractivity contribution in [2.75, 3.05) is 5.88 Å². The van der Waals surface area contributed by atoms with Crippen molar-refractivity contribution in [1.82, 2.24) is 4.72 Å². The van der Waals surface area contributed by atoms with E-state index in [4.69, 9.17) is 11.6 Å². The predicted octanol–water partition coefficient (Wildman–Crippen LogP) is 2.27. The fraction of sp³-hybridized carbons (Fsp3) is 0.455. The molecule has 94 valence electrons. The molecule has 6 heteroatoms. The molecule has 1 saturated carbocycles. The van der Waals surface area contributed by atoms with E-state index in [1.807, 2.05) is 0 Å². The van der Waals surface area contributed by atoms with Crippen LogP contribution in [-0.2, 0) is 10.0 Å². The number of benzene rings is 1. The first-order valence-corrected chi connectivity index (χ1v) is 7.35. The summed E-state index contributed by atoms with van der Waals surface area (Å²) in [6.07, 6.45) is 2.46. The monoisotopic (exact) mass is 277 g/mol. The smallest absolute Gasteiger partial charge is 0.207 e. The van der Waals surface area contributed by atoms with Gasteiger partial charge < -0.3 is 0 Å². The first kappa shape index (κ1) is 12.8. The molecule has 1 N–H and O–H groups in total. The van der Waals surface area contributed by atoms with Crippen molar-refractivity contribution in [2.24, 2.45) is 0 Å². The van der Waals surface area contributed by atoms with Crippen LogP contribution in [0.5, 0.6) is 0 Å².